The van der Waals surface area contributed by atoms with Crippen molar-refractivity contribution in [1.29, 1.82) is 0 Å². The highest BCUT2D eigenvalue weighted by atomic mass is 19.1. The van der Waals surface area contributed by atoms with Gasteiger partial charge in [-0.1, -0.05) is 13.0 Å². The molecule has 4 heteroatoms. The Morgan fingerprint density at radius 1 is 1.41 bits per heavy atom. The van der Waals surface area contributed by atoms with E-state index in [-0.39, 0.29) is 11.7 Å². The van der Waals surface area contributed by atoms with Gasteiger partial charge >= 0.3 is 0 Å². The molecule has 122 valence electrons. The van der Waals surface area contributed by atoms with Crippen molar-refractivity contribution in [3.8, 4) is 0 Å². The molecule has 0 aliphatic carbocycles. The van der Waals surface area contributed by atoms with Crippen molar-refractivity contribution in [1.82, 2.24) is 4.48 Å². The monoisotopic (exact) mass is 307 g/mol. The molecule has 1 aromatic rings. The summed E-state index contributed by atoms with van der Waals surface area (Å²) in [7, 11) is 2.12. The Balaban J connectivity index is 3.31. The van der Waals surface area contributed by atoms with E-state index in [4.69, 9.17) is 0 Å². The smallest absolute Gasteiger partial charge is 0.228 e. The molecule has 0 aliphatic rings. The highest BCUT2D eigenvalue weighted by molar-refractivity contribution is 5.93. The Kier molecular flexibility index (Phi) is 6.30. The van der Waals surface area contributed by atoms with Crippen molar-refractivity contribution in [3.63, 3.8) is 0 Å². The summed E-state index contributed by atoms with van der Waals surface area (Å²) in [5, 5.41) is 0. The van der Waals surface area contributed by atoms with Gasteiger partial charge in [-0.05, 0) is 33.3 Å². The molecule has 2 atom stereocenters. The van der Waals surface area contributed by atoms with Crippen LogP contribution >= 0.6 is 0 Å². The average Bonchev–Trinajstić information content (AvgIpc) is 2.51. The first-order chi connectivity index (χ1) is 10.3. The third-order valence-electron chi connectivity index (χ3n) is 4.64. The number of allylic oxidation sites excluding steroid dienone is 1. The molecule has 0 N–H and O–H groups in total. The number of carbonyl (C=O) groups excluding carboxylic acids is 1. The second-order valence-corrected chi connectivity index (χ2v) is 5.85. The lowest BCUT2D eigenvalue weighted by atomic mass is 10.1. The third kappa shape index (κ3) is 3.55. The van der Waals surface area contributed by atoms with E-state index in [9.17, 15) is 9.18 Å². The molecule has 0 heterocycles. The fourth-order valence-electron chi connectivity index (χ4n) is 2.66. The quantitative estimate of drug-likeness (QED) is 0.710. The highest BCUT2D eigenvalue weighted by Crippen LogP contribution is 2.31. The van der Waals surface area contributed by atoms with Crippen LogP contribution in [-0.2, 0) is 4.79 Å². The normalized spacial score (nSPS) is 15.6. The number of nitrogens with zero attached hydrogens (tertiary/aromatic N) is 2. The first-order valence-electron chi connectivity index (χ1n) is 7.89. The van der Waals surface area contributed by atoms with Crippen LogP contribution in [0.4, 0.5) is 15.8 Å². The largest absolute Gasteiger partial charge is 0.291 e. The minimum atomic E-state index is -0.369. The molecule has 22 heavy (non-hydrogen) atoms. The minimum Gasteiger partial charge on any atom is -0.291 e. The molecule has 1 rings (SSSR count). The fourth-order valence-corrected chi connectivity index (χ4v) is 2.66. The number of hydrogen-bond donors (Lipinski definition) is 0. The molecule has 0 aliphatic heterocycles. The van der Waals surface area contributed by atoms with Crippen LogP contribution in [0, 0.1) is 5.82 Å². The molecular formula is C18H28FN2O+. The number of anilines is 1. The van der Waals surface area contributed by atoms with Crippen molar-refractivity contribution in [3.05, 3.63) is 36.3 Å². The molecule has 0 saturated carbocycles. The summed E-state index contributed by atoms with van der Waals surface area (Å²) < 4.78 is 15.3. The van der Waals surface area contributed by atoms with Crippen molar-refractivity contribution in [2.24, 2.45) is 0 Å². The molecule has 0 fully saturated rings. The first kappa shape index (κ1) is 18.4. The summed E-state index contributed by atoms with van der Waals surface area (Å²) in [5.74, 6) is -0.577. The zero-order chi connectivity index (χ0) is 16.9. The van der Waals surface area contributed by atoms with Gasteiger partial charge in [-0.15, -0.1) is 0 Å². The molecule has 0 spiro atoms. The molecular weight excluding hydrogens is 279 g/mol. The number of hydrogen-bond acceptors (Lipinski definition) is 1. The Morgan fingerprint density at radius 2 is 2.05 bits per heavy atom. The maximum Gasteiger partial charge on any atom is 0.228 e. The lowest BCUT2D eigenvalue weighted by Gasteiger charge is -2.38. The van der Waals surface area contributed by atoms with E-state index in [1.54, 1.807) is 31.3 Å². The summed E-state index contributed by atoms with van der Waals surface area (Å²) in [6.45, 7) is 10.6. The van der Waals surface area contributed by atoms with E-state index < -0.39 is 0 Å². The van der Waals surface area contributed by atoms with Crippen LogP contribution in [0.15, 0.2) is 30.5 Å². The molecule has 0 radical (unpaired) electrons. The van der Waals surface area contributed by atoms with E-state index >= 15 is 0 Å². The second-order valence-electron chi connectivity index (χ2n) is 5.85. The van der Waals surface area contributed by atoms with Crippen LogP contribution in [0.25, 0.3) is 0 Å². The number of benzene rings is 1. The summed E-state index contributed by atoms with van der Waals surface area (Å²) in [5.41, 5.74) is 1.23. The molecule has 3 nitrogen and oxygen atoms in total. The first-order valence-corrected chi connectivity index (χ1v) is 7.89. The summed E-state index contributed by atoms with van der Waals surface area (Å²) >= 11 is 0. The topological polar surface area (TPSA) is 20.3 Å². The van der Waals surface area contributed by atoms with Crippen LogP contribution in [0.5, 0.6) is 0 Å². The number of amides is 1. The Hall–Kier alpha value is -1.68. The summed E-state index contributed by atoms with van der Waals surface area (Å²) in [4.78, 5) is 13.0. The molecule has 1 aromatic carbocycles. The van der Waals surface area contributed by atoms with Gasteiger partial charge in [0.2, 0.25) is 5.91 Å². The van der Waals surface area contributed by atoms with E-state index in [1.165, 1.54) is 11.8 Å². The highest BCUT2D eigenvalue weighted by Gasteiger charge is 2.30. The maximum absolute atomic E-state index is 14.6. The van der Waals surface area contributed by atoms with E-state index in [0.29, 0.717) is 16.2 Å². The van der Waals surface area contributed by atoms with Crippen molar-refractivity contribution >= 4 is 17.3 Å². The predicted octanol–water partition coefficient (Wildman–Crippen LogP) is 4.47. The number of rotatable bonds is 6. The number of quaternary nitrogens is 1. The van der Waals surface area contributed by atoms with E-state index in [0.717, 1.165) is 18.7 Å². The second kappa shape index (κ2) is 7.54. The molecule has 2 unspecified atom stereocenters. The van der Waals surface area contributed by atoms with Crippen LogP contribution in [-0.4, -0.2) is 25.5 Å². The summed E-state index contributed by atoms with van der Waals surface area (Å²) in [6, 6.07) is 5.58. The van der Waals surface area contributed by atoms with Gasteiger partial charge in [0.1, 0.15) is 5.69 Å². The molecule has 0 aromatic heterocycles. The Bertz CT molecular complexity index is 556. The zero-order valence-electron chi connectivity index (χ0n) is 14.6. The standard InChI is InChI=1S/C18H28FN2O/c1-7-12-20(15(5)22)18-11-10-16(13-17(18)19)21(6,9-3)14(4)8-2/h7,10-14H,8-9H2,1-6H3/q+1/b12-7-. The zero-order valence-corrected chi connectivity index (χ0v) is 14.6. The van der Waals surface area contributed by atoms with Crippen molar-refractivity contribution < 1.29 is 9.18 Å². The van der Waals surface area contributed by atoms with Crippen LogP contribution in [0.2, 0.25) is 0 Å². The maximum atomic E-state index is 14.6. The average molecular weight is 307 g/mol. The van der Waals surface area contributed by atoms with Crippen molar-refractivity contribution in [2.75, 3.05) is 18.5 Å². The van der Waals surface area contributed by atoms with Crippen LogP contribution < -0.4 is 9.38 Å². The molecule has 0 bridgehead atoms. The van der Waals surface area contributed by atoms with Gasteiger partial charge in [0.15, 0.2) is 5.82 Å². The Morgan fingerprint density at radius 3 is 2.45 bits per heavy atom. The SMILES string of the molecule is C/C=C\N(C(C)=O)c1ccc([N+](C)(CC)C(C)CC)cc1F. The number of carbonyl (C=O) groups is 1. The lowest BCUT2D eigenvalue weighted by molar-refractivity contribution is -0.116. The fraction of sp³-hybridized carbons (Fsp3) is 0.500. The van der Waals surface area contributed by atoms with Gasteiger partial charge in [-0.3, -0.25) is 14.2 Å². The molecule has 0 saturated heterocycles. The van der Waals surface area contributed by atoms with Gasteiger partial charge in [-0.2, -0.15) is 0 Å². The summed E-state index contributed by atoms with van der Waals surface area (Å²) in [6.07, 6.45) is 4.33. The van der Waals surface area contributed by atoms with Gasteiger partial charge < -0.3 is 0 Å². The van der Waals surface area contributed by atoms with Crippen LogP contribution in [0.1, 0.15) is 41.0 Å². The van der Waals surface area contributed by atoms with Gasteiger partial charge in [0.05, 0.1) is 25.3 Å². The van der Waals surface area contributed by atoms with Gasteiger partial charge in [-0.25, -0.2) is 4.39 Å². The minimum absolute atomic E-state index is 0.209. The van der Waals surface area contributed by atoms with Gasteiger partial charge in [0, 0.05) is 25.3 Å². The van der Waals surface area contributed by atoms with Crippen LogP contribution in [0.3, 0.4) is 0 Å². The Labute approximate surface area is 133 Å². The van der Waals surface area contributed by atoms with E-state index in [1.807, 2.05) is 6.07 Å². The number of halogens is 1. The van der Waals surface area contributed by atoms with E-state index in [2.05, 4.69) is 27.8 Å². The molecule has 1 amide bonds. The third-order valence-corrected chi connectivity index (χ3v) is 4.64. The predicted molar refractivity (Wildman–Crippen MR) is 92.4 cm³/mol. The van der Waals surface area contributed by atoms with Crippen molar-refractivity contribution in [2.45, 2.75) is 47.1 Å². The lowest BCUT2D eigenvalue weighted by Crippen LogP contribution is -2.51. The van der Waals surface area contributed by atoms with Gasteiger partial charge in [0.25, 0.3) is 0 Å².